The minimum atomic E-state index is 0.676. The Balaban J connectivity index is 2.66. The first-order valence-corrected chi connectivity index (χ1v) is 6.14. The van der Waals surface area contributed by atoms with Gasteiger partial charge in [-0.3, -0.25) is 0 Å². The van der Waals surface area contributed by atoms with E-state index in [1.165, 1.54) is 5.56 Å². The zero-order chi connectivity index (χ0) is 11.1. The molecule has 1 rings (SSSR count). The first kappa shape index (κ1) is 12.6. The largest absolute Gasteiger partial charge is 0.497 e. The van der Waals surface area contributed by atoms with E-state index >= 15 is 0 Å². The first-order chi connectivity index (χ1) is 7.27. The van der Waals surface area contributed by atoms with Gasteiger partial charge in [0.2, 0.25) is 0 Å². The fourth-order valence-corrected chi connectivity index (χ4v) is 1.76. The Labute approximate surface area is 104 Å². The van der Waals surface area contributed by atoms with Gasteiger partial charge in [0.1, 0.15) is 5.75 Å². The third-order valence-corrected chi connectivity index (χ3v) is 3.02. The summed E-state index contributed by atoms with van der Waals surface area (Å²) in [7, 11) is 1.68. The Kier molecular flexibility index (Phi) is 5.81. The molecule has 0 spiro atoms. The van der Waals surface area contributed by atoms with Gasteiger partial charge in [-0.1, -0.05) is 28.1 Å². The van der Waals surface area contributed by atoms with Crippen LogP contribution in [0.5, 0.6) is 5.75 Å². The molecule has 0 saturated carbocycles. The van der Waals surface area contributed by atoms with Crippen molar-refractivity contribution in [1.82, 2.24) is 0 Å². The van der Waals surface area contributed by atoms with E-state index in [0.717, 1.165) is 23.1 Å². The Morgan fingerprint density at radius 1 is 1.40 bits per heavy atom. The molecule has 0 aliphatic heterocycles. The number of alkyl halides is 1. The van der Waals surface area contributed by atoms with Crippen LogP contribution >= 0.6 is 27.5 Å². The van der Waals surface area contributed by atoms with E-state index in [1.54, 1.807) is 7.11 Å². The number of rotatable bonds is 5. The summed E-state index contributed by atoms with van der Waals surface area (Å²) in [5.74, 6) is 1.56. The highest BCUT2D eigenvalue weighted by Crippen LogP contribution is 2.23. The van der Waals surface area contributed by atoms with Crippen molar-refractivity contribution >= 4 is 27.5 Å². The van der Waals surface area contributed by atoms with Gasteiger partial charge in [0.05, 0.1) is 7.11 Å². The summed E-state index contributed by atoms with van der Waals surface area (Å²) < 4.78 is 6.28. The van der Waals surface area contributed by atoms with E-state index in [2.05, 4.69) is 28.1 Å². The number of methoxy groups -OCH3 is 1. The molecule has 0 aliphatic carbocycles. The van der Waals surface area contributed by atoms with Gasteiger partial charge in [-0.15, -0.1) is 11.6 Å². The van der Waals surface area contributed by atoms with Crippen molar-refractivity contribution in [2.75, 3.05) is 13.0 Å². The molecule has 0 aromatic heterocycles. The highest BCUT2D eigenvalue weighted by atomic mass is 79.9. The maximum Gasteiger partial charge on any atom is 0.119 e. The molecule has 0 amide bonds. The SMILES string of the molecule is COc1ccc(Br)c(CC=CCCCl)c1. The summed E-state index contributed by atoms with van der Waals surface area (Å²) in [6, 6.07) is 5.98. The van der Waals surface area contributed by atoms with Crippen LogP contribution in [0.1, 0.15) is 12.0 Å². The second-order valence-corrected chi connectivity index (χ2v) is 4.34. The molecule has 0 fully saturated rings. The van der Waals surface area contributed by atoms with Crippen LogP contribution in [0.3, 0.4) is 0 Å². The molecule has 0 atom stereocenters. The van der Waals surface area contributed by atoms with Crippen LogP contribution in [0.2, 0.25) is 0 Å². The standard InChI is InChI=1S/C12H14BrClO/c1-15-11-6-7-12(13)10(9-11)5-3-2-4-8-14/h2-3,6-7,9H,4-5,8H2,1H3. The molecule has 0 saturated heterocycles. The van der Waals surface area contributed by atoms with E-state index in [0.29, 0.717) is 5.88 Å². The Hall–Kier alpha value is -0.470. The Morgan fingerprint density at radius 3 is 2.87 bits per heavy atom. The van der Waals surface area contributed by atoms with Crippen molar-refractivity contribution < 1.29 is 4.74 Å². The molecule has 0 aliphatic rings. The first-order valence-electron chi connectivity index (χ1n) is 4.81. The quantitative estimate of drug-likeness (QED) is 0.583. The van der Waals surface area contributed by atoms with Gasteiger partial charge in [0.25, 0.3) is 0 Å². The molecule has 1 aromatic carbocycles. The van der Waals surface area contributed by atoms with Crippen LogP contribution in [0, 0.1) is 0 Å². The van der Waals surface area contributed by atoms with Crippen LogP contribution < -0.4 is 4.74 Å². The summed E-state index contributed by atoms with van der Waals surface area (Å²) in [6.07, 6.45) is 6.04. The molecule has 0 bridgehead atoms. The zero-order valence-electron chi connectivity index (χ0n) is 8.67. The molecule has 0 unspecified atom stereocenters. The van der Waals surface area contributed by atoms with Crippen LogP contribution in [-0.4, -0.2) is 13.0 Å². The lowest BCUT2D eigenvalue weighted by atomic mass is 10.1. The topological polar surface area (TPSA) is 9.23 Å². The third kappa shape index (κ3) is 4.27. The maximum atomic E-state index is 5.58. The Morgan fingerprint density at radius 2 is 2.20 bits per heavy atom. The average molecular weight is 290 g/mol. The second-order valence-electron chi connectivity index (χ2n) is 3.11. The summed E-state index contributed by atoms with van der Waals surface area (Å²) in [4.78, 5) is 0. The van der Waals surface area contributed by atoms with Crippen molar-refractivity contribution in [3.8, 4) is 5.75 Å². The number of allylic oxidation sites excluding steroid dienone is 2. The van der Waals surface area contributed by atoms with Crippen molar-refractivity contribution in [2.24, 2.45) is 0 Å². The molecular weight excluding hydrogens is 275 g/mol. The molecule has 1 aromatic rings. The molecule has 0 radical (unpaired) electrons. The van der Waals surface area contributed by atoms with Crippen molar-refractivity contribution in [1.29, 1.82) is 0 Å². The van der Waals surface area contributed by atoms with Gasteiger partial charge < -0.3 is 4.74 Å². The van der Waals surface area contributed by atoms with Gasteiger partial charge in [0.15, 0.2) is 0 Å². The predicted octanol–water partition coefficient (Wildman–Crippen LogP) is 4.19. The van der Waals surface area contributed by atoms with Crippen LogP contribution in [-0.2, 0) is 6.42 Å². The fraction of sp³-hybridized carbons (Fsp3) is 0.333. The van der Waals surface area contributed by atoms with Gasteiger partial charge in [-0.2, -0.15) is 0 Å². The lowest BCUT2D eigenvalue weighted by molar-refractivity contribution is 0.414. The van der Waals surface area contributed by atoms with Crippen molar-refractivity contribution in [3.05, 3.63) is 40.4 Å². The Bertz CT molecular complexity index is 336. The predicted molar refractivity (Wildman–Crippen MR) is 68.9 cm³/mol. The van der Waals surface area contributed by atoms with Crippen molar-refractivity contribution in [3.63, 3.8) is 0 Å². The van der Waals surface area contributed by atoms with E-state index in [9.17, 15) is 0 Å². The highest BCUT2D eigenvalue weighted by molar-refractivity contribution is 9.10. The van der Waals surface area contributed by atoms with Gasteiger partial charge in [-0.05, 0) is 36.6 Å². The third-order valence-electron chi connectivity index (χ3n) is 2.03. The number of halogens is 2. The summed E-state index contributed by atoms with van der Waals surface area (Å²) in [5.41, 5.74) is 1.22. The van der Waals surface area contributed by atoms with E-state index in [-0.39, 0.29) is 0 Å². The molecule has 1 nitrogen and oxygen atoms in total. The smallest absolute Gasteiger partial charge is 0.119 e. The molecule has 82 valence electrons. The van der Waals surface area contributed by atoms with Crippen molar-refractivity contribution in [2.45, 2.75) is 12.8 Å². The monoisotopic (exact) mass is 288 g/mol. The lowest BCUT2D eigenvalue weighted by Gasteiger charge is -2.04. The minimum absolute atomic E-state index is 0.676. The molecule has 15 heavy (non-hydrogen) atoms. The molecule has 3 heteroatoms. The fourth-order valence-electron chi connectivity index (χ4n) is 1.23. The van der Waals surface area contributed by atoms with Gasteiger partial charge in [-0.25, -0.2) is 0 Å². The number of benzene rings is 1. The summed E-state index contributed by atoms with van der Waals surface area (Å²) in [5, 5.41) is 0. The average Bonchev–Trinajstić information content (AvgIpc) is 2.26. The summed E-state index contributed by atoms with van der Waals surface area (Å²) in [6.45, 7) is 0. The van der Waals surface area contributed by atoms with Gasteiger partial charge >= 0.3 is 0 Å². The van der Waals surface area contributed by atoms with Crippen LogP contribution in [0.15, 0.2) is 34.8 Å². The zero-order valence-corrected chi connectivity index (χ0v) is 11.0. The van der Waals surface area contributed by atoms with Crippen LogP contribution in [0.25, 0.3) is 0 Å². The normalized spacial score (nSPS) is 10.9. The van der Waals surface area contributed by atoms with Gasteiger partial charge in [0, 0.05) is 10.4 Å². The molecular formula is C12H14BrClO. The maximum absolute atomic E-state index is 5.58. The van der Waals surface area contributed by atoms with E-state index < -0.39 is 0 Å². The molecule has 0 heterocycles. The minimum Gasteiger partial charge on any atom is -0.497 e. The lowest BCUT2D eigenvalue weighted by Crippen LogP contribution is -1.87. The van der Waals surface area contributed by atoms with E-state index in [4.69, 9.17) is 16.3 Å². The molecule has 0 N–H and O–H groups in total. The second kappa shape index (κ2) is 6.91. The van der Waals surface area contributed by atoms with Crippen LogP contribution in [0.4, 0.5) is 0 Å². The number of ether oxygens (including phenoxy) is 1. The number of hydrogen-bond acceptors (Lipinski definition) is 1. The summed E-state index contributed by atoms with van der Waals surface area (Å²) >= 11 is 9.10. The number of hydrogen-bond donors (Lipinski definition) is 0. The highest BCUT2D eigenvalue weighted by Gasteiger charge is 1.99. The van der Waals surface area contributed by atoms with E-state index in [1.807, 2.05) is 18.2 Å².